The van der Waals surface area contributed by atoms with Gasteiger partial charge in [0.05, 0.1) is 6.10 Å². The molecular weight excluding hydrogens is 264 g/mol. The zero-order chi connectivity index (χ0) is 15.2. The highest BCUT2D eigenvalue weighted by atomic mass is 16.5. The molecule has 1 atom stereocenters. The summed E-state index contributed by atoms with van der Waals surface area (Å²) in [4.78, 5) is 14.3. The van der Waals surface area contributed by atoms with Gasteiger partial charge in [-0.05, 0) is 31.2 Å². The lowest BCUT2D eigenvalue weighted by Crippen LogP contribution is -2.41. The third kappa shape index (κ3) is 4.29. The SMILES string of the molecule is COC1CCC(N(C)C(=O)C[C@@H](N)c2ccccc2)CC1. The monoisotopic (exact) mass is 290 g/mol. The van der Waals surface area contributed by atoms with Crippen LogP contribution in [-0.2, 0) is 9.53 Å². The van der Waals surface area contributed by atoms with Gasteiger partial charge in [0.2, 0.25) is 5.91 Å². The Balaban J connectivity index is 1.85. The second-order valence-corrected chi connectivity index (χ2v) is 5.89. The lowest BCUT2D eigenvalue weighted by Gasteiger charge is -2.34. The van der Waals surface area contributed by atoms with E-state index >= 15 is 0 Å². The first-order valence-electron chi connectivity index (χ1n) is 7.70. The summed E-state index contributed by atoms with van der Waals surface area (Å²) in [5, 5.41) is 0. The number of carbonyl (C=O) groups is 1. The summed E-state index contributed by atoms with van der Waals surface area (Å²) < 4.78 is 5.38. The van der Waals surface area contributed by atoms with E-state index in [1.807, 2.05) is 42.3 Å². The molecule has 0 aromatic heterocycles. The molecule has 0 heterocycles. The number of nitrogens with zero attached hydrogens (tertiary/aromatic N) is 1. The van der Waals surface area contributed by atoms with E-state index in [0.29, 0.717) is 18.6 Å². The average Bonchev–Trinajstić information content (AvgIpc) is 2.55. The minimum atomic E-state index is -0.225. The maximum atomic E-state index is 12.4. The smallest absolute Gasteiger partial charge is 0.224 e. The first-order valence-corrected chi connectivity index (χ1v) is 7.70. The number of ether oxygens (including phenoxy) is 1. The average molecular weight is 290 g/mol. The fourth-order valence-corrected chi connectivity index (χ4v) is 3.02. The van der Waals surface area contributed by atoms with Crippen LogP contribution in [0.25, 0.3) is 0 Å². The van der Waals surface area contributed by atoms with Gasteiger partial charge in [0, 0.05) is 32.7 Å². The minimum Gasteiger partial charge on any atom is -0.381 e. The summed E-state index contributed by atoms with van der Waals surface area (Å²) in [6, 6.07) is 9.91. The van der Waals surface area contributed by atoms with E-state index in [4.69, 9.17) is 10.5 Å². The molecule has 1 amide bonds. The first-order chi connectivity index (χ1) is 10.1. The molecule has 4 heteroatoms. The predicted molar refractivity (Wildman–Crippen MR) is 83.8 cm³/mol. The van der Waals surface area contributed by atoms with Gasteiger partial charge in [0.15, 0.2) is 0 Å². The van der Waals surface area contributed by atoms with E-state index in [1.165, 1.54) is 0 Å². The number of amides is 1. The van der Waals surface area contributed by atoms with E-state index in [2.05, 4.69) is 0 Å². The van der Waals surface area contributed by atoms with Crippen LogP contribution in [-0.4, -0.2) is 37.1 Å². The number of nitrogens with two attached hydrogens (primary N) is 1. The van der Waals surface area contributed by atoms with Crippen molar-refractivity contribution in [3.8, 4) is 0 Å². The van der Waals surface area contributed by atoms with Gasteiger partial charge in [-0.1, -0.05) is 30.3 Å². The van der Waals surface area contributed by atoms with E-state index in [9.17, 15) is 4.79 Å². The number of methoxy groups -OCH3 is 1. The molecule has 1 fully saturated rings. The molecule has 2 N–H and O–H groups in total. The van der Waals surface area contributed by atoms with Crippen molar-refractivity contribution in [3.63, 3.8) is 0 Å². The fourth-order valence-electron chi connectivity index (χ4n) is 3.02. The highest BCUT2D eigenvalue weighted by Gasteiger charge is 2.27. The molecule has 0 spiro atoms. The Labute approximate surface area is 127 Å². The lowest BCUT2D eigenvalue weighted by atomic mass is 9.91. The van der Waals surface area contributed by atoms with Crippen molar-refractivity contribution in [2.45, 2.75) is 50.3 Å². The molecule has 4 nitrogen and oxygen atoms in total. The van der Waals surface area contributed by atoms with Gasteiger partial charge in [-0.25, -0.2) is 0 Å². The van der Waals surface area contributed by atoms with Gasteiger partial charge in [0.25, 0.3) is 0 Å². The Morgan fingerprint density at radius 1 is 1.29 bits per heavy atom. The molecule has 0 aliphatic heterocycles. The zero-order valence-corrected chi connectivity index (χ0v) is 13.0. The summed E-state index contributed by atoms with van der Waals surface area (Å²) in [6.45, 7) is 0. The number of benzene rings is 1. The van der Waals surface area contributed by atoms with E-state index in [0.717, 1.165) is 31.2 Å². The van der Waals surface area contributed by atoms with Crippen LogP contribution < -0.4 is 5.73 Å². The molecule has 1 aromatic rings. The van der Waals surface area contributed by atoms with Crippen LogP contribution in [0, 0.1) is 0 Å². The Kier molecular flexibility index (Phi) is 5.76. The predicted octanol–water partition coefficient (Wildman–Crippen LogP) is 2.49. The van der Waals surface area contributed by atoms with Crippen LogP contribution in [0.3, 0.4) is 0 Å². The molecule has 1 aliphatic carbocycles. The molecule has 0 unspecified atom stereocenters. The number of hydrogen-bond acceptors (Lipinski definition) is 3. The van der Waals surface area contributed by atoms with Gasteiger partial charge < -0.3 is 15.4 Å². The van der Waals surface area contributed by atoms with Crippen molar-refractivity contribution >= 4 is 5.91 Å². The molecule has 1 aliphatic rings. The molecule has 2 rings (SSSR count). The van der Waals surface area contributed by atoms with E-state index in [-0.39, 0.29) is 11.9 Å². The number of carbonyl (C=O) groups excluding carboxylic acids is 1. The largest absolute Gasteiger partial charge is 0.381 e. The summed E-state index contributed by atoms with van der Waals surface area (Å²) in [5.74, 6) is 0.132. The molecule has 1 aromatic carbocycles. The highest BCUT2D eigenvalue weighted by Crippen LogP contribution is 2.25. The number of hydrogen-bond donors (Lipinski definition) is 1. The van der Waals surface area contributed by atoms with Crippen molar-refractivity contribution in [1.82, 2.24) is 4.90 Å². The molecule has 0 radical (unpaired) electrons. The standard InChI is InChI=1S/C17H26N2O2/c1-19(14-8-10-15(21-2)11-9-14)17(20)12-16(18)13-6-4-3-5-7-13/h3-7,14-16H,8-12,18H2,1-2H3/t14?,15?,16-/m1/s1. The maximum Gasteiger partial charge on any atom is 0.224 e. The van der Waals surface area contributed by atoms with E-state index < -0.39 is 0 Å². The van der Waals surface area contributed by atoms with Gasteiger partial charge in [-0.2, -0.15) is 0 Å². The van der Waals surface area contributed by atoms with Crippen LogP contribution >= 0.6 is 0 Å². The Morgan fingerprint density at radius 2 is 1.90 bits per heavy atom. The zero-order valence-electron chi connectivity index (χ0n) is 13.0. The van der Waals surface area contributed by atoms with Crippen molar-refractivity contribution in [1.29, 1.82) is 0 Å². The van der Waals surface area contributed by atoms with Crippen LogP contribution in [0.5, 0.6) is 0 Å². The Hall–Kier alpha value is -1.39. The molecule has 1 saturated carbocycles. The quantitative estimate of drug-likeness (QED) is 0.906. The minimum absolute atomic E-state index is 0.132. The van der Waals surface area contributed by atoms with Crippen LogP contribution in [0.4, 0.5) is 0 Å². The van der Waals surface area contributed by atoms with Gasteiger partial charge in [-0.3, -0.25) is 4.79 Å². The van der Waals surface area contributed by atoms with Crippen LogP contribution in [0.2, 0.25) is 0 Å². The summed E-state index contributed by atoms with van der Waals surface area (Å²) in [6.07, 6.45) is 4.82. The highest BCUT2D eigenvalue weighted by molar-refractivity contribution is 5.77. The second-order valence-electron chi connectivity index (χ2n) is 5.89. The molecule has 0 saturated heterocycles. The topological polar surface area (TPSA) is 55.6 Å². The normalized spacial score (nSPS) is 23.6. The van der Waals surface area contributed by atoms with Crippen molar-refractivity contribution in [2.24, 2.45) is 5.73 Å². The van der Waals surface area contributed by atoms with Crippen molar-refractivity contribution in [3.05, 3.63) is 35.9 Å². The van der Waals surface area contributed by atoms with Crippen molar-refractivity contribution in [2.75, 3.05) is 14.2 Å². The molecular formula is C17H26N2O2. The Bertz CT molecular complexity index is 441. The fraction of sp³-hybridized carbons (Fsp3) is 0.588. The third-order valence-electron chi connectivity index (χ3n) is 4.54. The van der Waals surface area contributed by atoms with Crippen molar-refractivity contribution < 1.29 is 9.53 Å². The number of rotatable bonds is 5. The first kappa shape index (κ1) is 16.0. The van der Waals surface area contributed by atoms with Gasteiger partial charge in [-0.15, -0.1) is 0 Å². The van der Waals surface area contributed by atoms with Gasteiger partial charge >= 0.3 is 0 Å². The summed E-state index contributed by atoms with van der Waals surface area (Å²) in [5.41, 5.74) is 7.16. The van der Waals surface area contributed by atoms with Gasteiger partial charge in [0.1, 0.15) is 0 Å². The summed E-state index contributed by atoms with van der Waals surface area (Å²) in [7, 11) is 3.66. The Morgan fingerprint density at radius 3 is 2.48 bits per heavy atom. The molecule has 21 heavy (non-hydrogen) atoms. The lowest BCUT2D eigenvalue weighted by molar-refractivity contribution is -0.133. The van der Waals surface area contributed by atoms with Crippen LogP contribution in [0.15, 0.2) is 30.3 Å². The van der Waals surface area contributed by atoms with Crippen LogP contribution in [0.1, 0.15) is 43.7 Å². The third-order valence-corrected chi connectivity index (χ3v) is 4.54. The molecule has 116 valence electrons. The van der Waals surface area contributed by atoms with E-state index in [1.54, 1.807) is 7.11 Å². The molecule has 0 bridgehead atoms. The summed E-state index contributed by atoms with van der Waals surface area (Å²) >= 11 is 0. The second kappa shape index (κ2) is 7.57. The maximum absolute atomic E-state index is 12.4.